The maximum Gasteiger partial charge on any atom is 0.255 e. The van der Waals surface area contributed by atoms with Crippen molar-refractivity contribution in [3.63, 3.8) is 0 Å². The molecular formula is C32H42Cl6N10O3S4. The number of pyridine rings is 2. The fourth-order valence-electron chi connectivity index (χ4n) is 4.17. The van der Waals surface area contributed by atoms with E-state index in [4.69, 9.17) is 0 Å². The SMILES string of the molecule is Cl.Cl.Cl.Cl.Cl.Cl.O.O=c1[nH]c(NCCSCc2nccs2)ncc1Cc1ccncc1.O=c1[nH]c(NCCSCc2nccs2)ncc1Cc1ccncc1. The van der Waals surface area contributed by atoms with Gasteiger partial charge in [0, 0.05) is 120 Å². The fourth-order valence-corrected chi connectivity index (χ4v) is 7.29. The molecule has 6 aromatic rings. The second-order valence-electron chi connectivity index (χ2n) is 10.0. The summed E-state index contributed by atoms with van der Waals surface area (Å²) in [5, 5.41) is 12.5. The highest BCUT2D eigenvalue weighted by atomic mass is 35.5. The Hall–Kier alpha value is -2.68. The summed E-state index contributed by atoms with van der Waals surface area (Å²) in [5.74, 6) is 4.67. The zero-order valence-electron chi connectivity index (χ0n) is 28.8. The number of hydrogen-bond donors (Lipinski definition) is 4. The number of anilines is 2. The van der Waals surface area contributed by atoms with E-state index in [9.17, 15) is 9.59 Å². The van der Waals surface area contributed by atoms with Gasteiger partial charge >= 0.3 is 0 Å². The molecule has 0 amide bonds. The Bertz CT molecular complexity index is 1780. The predicted octanol–water partition coefficient (Wildman–Crippen LogP) is 6.82. The minimum Gasteiger partial charge on any atom is -0.412 e. The molecule has 0 unspecified atom stereocenters. The predicted molar refractivity (Wildman–Crippen MR) is 244 cm³/mol. The van der Waals surface area contributed by atoms with Gasteiger partial charge in [-0.3, -0.25) is 29.5 Å². The number of nitrogens with zero attached hydrogens (tertiary/aromatic N) is 6. The van der Waals surface area contributed by atoms with E-state index in [0.717, 1.165) is 57.2 Å². The third-order valence-corrected chi connectivity index (χ3v) is 10.4. The fraction of sp³-hybridized carbons (Fsp3) is 0.250. The zero-order chi connectivity index (χ0) is 33.2. The van der Waals surface area contributed by atoms with Gasteiger partial charge in [-0.2, -0.15) is 23.5 Å². The van der Waals surface area contributed by atoms with Crippen LogP contribution in [0.4, 0.5) is 11.9 Å². The van der Waals surface area contributed by atoms with Gasteiger partial charge in [0.1, 0.15) is 10.0 Å². The maximum absolute atomic E-state index is 12.1. The van der Waals surface area contributed by atoms with Gasteiger partial charge in [0.15, 0.2) is 0 Å². The number of aromatic nitrogens is 8. The van der Waals surface area contributed by atoms with Crippen LogP contribution in [-0.2, 0) is 24.3 Å². The van der Waals surface area contributed by atoms with Crippen molar-refractivity contribution in [1.29, 1.82) is 0 Å². The van der Waals surface area contributed by atoms with Crippen LogP contribution < -0.4 is 21.8 Å². The van der Waals surface area contributed by atoms with Gasteiger partial charge < -0.3 is 16.1 Å². The van der Waals surface area contributed by atoms with Crippen LogP contribution in [0.1, 0.15) is 32.3 Å². The van der Waals surface area contributed by atoms with Gasteiger partial charge in [0.05, 0.1) is 0 Å². The van der Waals surface area contributed by atoms with Gasteiger partial charge in [-0.1, -0.05) is 0 Å². The maximum atomic E-state index is 12.1. The van der Waals surface area contributed by atoms with Crippen LogP contribution in [0.15, 0.2) is 94.2 Å². The first-order valence-electron chi connectivity index (χ1n) is 15.0. The van der Waals surface area contributed by atoms with Crippen LogP contribution in [0.5, 0.6) is 0 Å². The van der Waals surface area contributed by atoms with Crippen molar-refractivity contribution in [3.05, 3.63) is 138 Å². The minimum atomic E-state index is -0.111. The molecule has 55 heavy (non-hydrogen) atoms. The molecule has 0 aliphatic carbocycles. The number of H-pyrrole nitrogens is 2. The Morgan fingerprint density at radius 2 is 0.945 bits per heavy atom. The van der Waals surface area contributed by atoms with Crippen LogP contribution in [-0.4, -0.2) is 69.9 Å². The van der Waals surface area contributed by atoms with Gasteiger partial charge in [-0.15, -0.1) is 97.1 Å². The van der Waals surface area contributed by atoms with Gasteiger partial charge in [0.2, 0.25) is 11.9 Å². The molecule has 0 fully saturated rings. The average molecular weight is 956 g/mol. The molecule has 6 heterocycles. The molecule has 0 aromatic carbocycles. The Balaban J connectivity index is -0.000000872. The monoisotopic (exact) mass is 952 g/mol. The normalized spacial score (nSPS) is 9.31. The first-order chi connectivity index (χ1) is 23.6. The summed E-state index contributed by atoms with van der Waals surface area (Å²) in [6.07, 6.45) is 14.9. The van der Waals surface area contributed by atoms with E-state index in [0.29, 0.717) is 35.9 Å². The van der Waals surface area contributed by atoms with Gasteiger partial charge in [-0.05, 0) is 35.4 Å². The number of thioether (sulfide) groups is 2. The third-order valence-electron chi connectivity index (χ3n) is 6.53. The summed E-state index contributed by atoms with van der Waals surface area (Å²) in [6, 6.07) is 7.58. The van der Waals surface area contributed by atoms with Crippen molar-refractivity contribution in [2.75, 3.05) is 35.2 Å². The van der Waals surface area contributed by atoms with Crippen molar-refractivity contribution in [2.45, 2.75) is 24.3 Å². The lowest BCUT2D eigenvalue weighted by molar-refractivity contribution is 0.824. The van der Waals surface area contributed by atoms with Gasteiger partial charge in [-0.25, -0.2) is 19.9 Å². The first kappa shape index (κ1) is 56.6. The van der Waals surface area contributed by atoms with E-state index in [1.165, 1.54) is 0 Å². The molecule has 0 spiro atoms. The summed E-state index contributed by atoms with van der Waals surface area (Å²) in [4.78, 5) is 54.8. The van der Waals surface area contributed by atoms with E-state index >= 15 is 0 Å². The van der Waals surface area contributed by atoms with Crippen LogP contribution in [0.25, 0.3) is 0 Å². The summed E-state index contributed by atoms with van der Waals surface area (Å²) in [5.41, 5.74) is 3.14. The Labute approximate surface area is 372 Å². The Kier molecular flexibility index (Phi) is 33.4. The average Bonchev–Trinajstić information content (AvgIpc) is 3.83. The highest BCUT2D eigenvalue weighted by molar-refractivity contribution is 7.98. The molecule has 0 radical (unpaired) electrons. The van der Waals surface area contributed by atoms with Crippen molar-refractivity contribution in [1.82, 2.24) is 39.9 Å². The van der Waals surface area contributed by atoms with Crippen LogP contribution in [0.3, 0.4) is 0 Å². The highest BCUT2D eigenvalue weighted by Gasteiger charge is 2.06. The zero-order valence-corrected chi connectivity index (χ0v) is 37.0. The van der Waals surface area contributed by atoms with Crippen LogP contribution in [0, 0.1) is 0 Å². The summed E-state index contributed by atoms with van der Waals surface area (Å²) in [7, 11) is 0. The number of rotatable bonds is 16. The van der Waals surface area contributed by atoms with E-state index in [1.807, 2.05) is 47.4 Å². The number of aromatic amines is 2. The molecule has 6 N–H and O–H groups in total. The largest absolute Gasteiger partial charge is 0.412 e. The molecule has 0 atom stereocenters. The molecule has 0 saturated heterocycles. The second-order valence-corrected chi connectivity index (χ2v) is 14.2. The lowest BCUT2D eigenvalue weighted by Gasteiger charge is -2.06. The molecule has 0 aliphatic rings. The van der Waals surface area contributed by atoms with Gasteiger partial charge in [0.25, 0.3) is 11.1 Å². The molecule has 304 valence electrons. The second kappa shape index (κ2) is 32.4. The van der Waals surface area contributed by atoms with Crippen molar-refractivity contribution in [2.24, 2.45) is 0 Å². The molecule has 0 aliphatic heterocycles. The molecule has 0 saturated carbocycles. The molecule has 13 nitrogen and oxygen atoms in total. The van der Waals surface area contributed by atoms with E-state index in [1.54, 1.807) is 83.4 Å². The topological polar surface area (TPSA) is 199 Å². The van der Waals surface area contributed by atoms with E-state index in [-0.39, 0.29) is 91.0 Å². The van der Waals surface area contributed by atoms with Crippen LogP contribution in [0.2, 0.25) is 0 Å². The Morgan fingerprint density at radius 1 is 0.564 bits per heavy atom. The molecular weight excluding hydrogens is 913 g/mol. The standard InChI is InChI=1S/2C16H17N5OS2.6ClH.H2O/c2*22-15-13(9-12-1-3-17-4-2-12)10-20-16(21-15)19-5-7-23-11-14-18-6-8-24-14;;;;;;;/h2*1-4,6,8,10H,5,7,9,11H2,(H2,19,20,21,22);6*1H;1H2. The number of hydrogen-bond acceptors (Lipinski definition) is 14. The minimum absolute atomic E-state index is 0. The molecule has 23 heteroatoms. The number of halogens is 6. The number of nitrogens with one attached hydrogen (secondary N) is 4. The van der Waals surface area contributed by atoms with E-state index in [2.05, 4.69) is 50.5 Å². The van der Waals surface area contributed by atoms with Crippen LogP contribution >= 0.6 is 121 Å². The molecule has 0 bridgehead atoms. The van der Waals surface area contributed by atoms with Crippen molar-refractivity contribution < 1.29 is 5.48 Å². The lowest BCUT2D eigenvalue weighted by Crippen LogP contribution is -2.18. The summed E-state index contributed by atoms with van der Waals surface area (Å²) in [6.45, 7) is 1.48. The molecule has 6 rings (SSSR count). The van der Waals surface area contributed by atoms with Crippen molar-refractivity contribution >= 4 is 133 Å². The van der Waals surface area contributed by atoms with Crippen molar-refractivity contribution in [3.8, 4) is 0 Å². The summed E-state index contributed by atoms with van der Waals surface area (Å²) < 4.78 is 0. The summed E-state index contributed by atoms with van der Waals surface area (Å²) >= 11 is 6.93. The third kappa shape index (κ3) is 20.9. The molecule has 6 aromatic heterocycles. The first-order valence-corrected chi connectivity index (χ1v) is 19.0. The lowest BCUT2D eigenvalue weighted by atomic mass is 10.1. The number of thiazole rings is 2. The quantitative estimate of drug-likeness (QED) is 0.0740. The smallest absolute Gasteiger partial charge is 0.255 e. The van der Waals surface area contributed by atoms with E-state index < -0.39 is 0 Å². The Morgan fingerprint density at radius 3 is 1.27 bits per heavy atom. The highest BCUT2D eigenvalue weighted by Crippen LogP contribution is 2.15.